The molecule has 0 unspecified atom stereocenters. The Morgan fingerprint density at radius 1 is 1.40 bits per heavy atom. The molecular weight excluding hydrogens is 188 g/mol. The van der Waals surface area contributed by atoms with Gasteiger partial charge in [0.25, 0.3) is 5.56 Å². The van der Waals surface area contributed by atoms with Crippen molar-refractivity contribution in [2.75, 3.05) is 0 Å². The molecule has 1 aromatic carbocycles. The number of benzene rings is 1. The lowest BCUT2D eigenvalue weighted by atomic mass is 10.1. The average Bonchev–Trinajstić information content (AvgIpc) is 2.23. The fourth-order valence-electron chi connectivity index (χ4n) is 1.74. The lowest BCUT2D eigenvalue weighted by molar-refractivity contribution is 0.752. The van der Waals surface area contributed by atoms with Gasteiger partial charge in [-0.1, -0.05) is 13.0 Å². The smallest absolute Gasteiger partial charge is 0.261 e. The highest BCUT2D eigenvalue weighted by Crippen LogP contribution is 2.10. The molecule has 0 aliphatic carbocycles. The first-order valence-corrected chi connectivity index (χ1v) is 5.09. The molecule has 0 amide bonds. The van der Waals surface area contributed by atoms with Crippen LogP contribution in [0.15, 0.2) is 23.0 Å². The molecule has 3 heteroatoms. The van der Waals surface area contributed by atoms with Gasteiger partial charge in [-0.25, -0.2) is 4.98 Å². The molecule has 0 atom stereocenters. The zero-order chi connectivity index (χ0) is 11.0. The Hall–Kier alpha value is -1.64. The molecule has 78 valence electrons. The van der Waals surface area contributed by atoms with E-state index in [2.05, 4.69) is 4.98 Å². The first-order valence-electron chi connectivity index (χ1n) is 5.09. The van der Waals surface area contributed by atoms with Gasteiger partial charge in [-0.15, -0.1) is 0 Å². The molecule has 2 rings (SSSR count). The largest absolute Gasteiger partial charge is 0.299 e. The van der Waals surface area contributed by atoms with Crippen molar-refractivity contribution in [1.29, 1.82) is 0 Å². The summed E-state index contributed by atoms with van der Waals surface area (Å²) >= 11 is 0. The minimum absolute atomic E-state index is 0.0388. The summed E-state index contributed by atoms with van der Waals surface area (Å²) in [7, 11) is 1.77. The standard InChI is InChI=1S/C12H14N2O/c1-4-11-13-10-7-8(2)5-6-9(10)12(15)14(11)3/h5-7H,4H2,1-3H3. The van der Waals surface area contributed by atoms with Gasteiger partial charge >= 0.3 is 0 Å². The van der Waals surface area contributed by atoms with E-state index in [4.69, 9.17) is 0 Å². The van der Waals surface area contributed by atoms with Crippen molar-refractivity contribution in [3.63, 3.8) is 0 Å². The highest BCUT2D eigenvalue weighted by atomic mass is 16.1. The van der Waals surface area contributed by atoms with E-state index in [9.17, 15) is 4.79 Å². The molecule has 1 aromatic heterocycles. The van der Waals surface area contributed by atoms with E-state index in [-0.39, 0.29) is 5.56 Å². The van der Waals surface area contributed by atoms with Gasteiger partial charge in [0.1, 0.15) is 5.82 Å². The maximum absolute atomic E-state index is 11.9. The molecule has 0 aliphatic heterocycles. The maximum atomic E-state index is 11.9. The lowest BCUT2D eigenvalue weighted by Gasteiger charge is -2.07. The second kappa shape index (κ2) is 3.50. The summed E-state index contributed by atoms with van der Waals surface area (Å²) in [5.41, 5.74) is 1.97. The fourth-order valence-corrected chi connectivity index (χ4v) is 1.74. The second-order valence-corrected chi connectivity index (χ2v) is 3.77. The first-order chi connectivity index (χ1) is 7.13. The fraction of sp³-hybridized carbons (Fsp3) is 0.333. The van der Waals surface area contributed by atoms with Crippen molar-refractivity contribution >= 4 is 10.9 Å². The molecule has 3 nitrogen and oxygen atoms in total. The van der Waals surface area contributed by atoms with Gasteiger partial charge in [-0.3, -0.25) is 9.36 Å². The molecule has 0 N–H and O–H groups in total. The van der Waals surface area contributed by atoms with E-state index in [0.29, 0.717) is 5.39 Å². The van der Waals surface area contributed by atoms with Crippen LogP contribution in [0.3, 0.4) is 0 Å². The third-order valence-corrected chi connectivity index (χ3v) is 2.64. The third kappa shape index (κ3) is 1.54. The monoisotopic (exact) mass is 202 g/mol. The van der Waals surface area contributed by atoms with Crippen LogP contribution in [0.5, 0.6) is 0 Å². The van der Waals surface area contributed by atoms with Gasteiger partial charge in [-0.05, 0) is 24.6 Å². The number of aromatic nitrogens is 2. The number of rotatable bonds is 1. The van der Waals surface area contributed by atoms with Crippen LogP contribution in [0.4, 0.5) is 0 Å². The Balaban J connectivity index is 2.91. The molecule has 15 heavy (non-hydrogen) atoms. The molecule has 0 saturated heterocycles. The summed E-state index contributed by atoms with van der Waals surface area (Å²) in [6.07, 6.45) is 0.773. The van der Waals surface area contributed by atoms with Gasteiger partial charge < -0.3 is 0 Å². The number of hydrogen-bond acceptors (Lipinski definition) is 2. The predicted octanol–water partition coefficient (Wildman–Crippen LogP) is 1.80. The van der Waals surface area contributed by atoms with Crippen LogP contribution in [-0.4, -0.2) is 9.55 Å². The van der Waals surface area contributed by atoms with Crippen molar-refractivity contribution in [2.24, 2.45) is 7.05 Å². The van der Waals surface area contributed by atoms with Crippen LogP contribution in [0.25, 0.3) is 10.9 Å². The number of nitrogens with zero attached hydrogens (tertiary/aromatic N) is 2. The van der Waals surface area contributed by atoms with Gasteiger partial charge in [0, 0.05) is 13.5 Å². The second-order valence-electron chi connectivity index (χ2n) is 3.77. The SMILES string of the molecule is CCc1nc2cc(C)ccc2c(=O)n1C. The summed E-state index contributed by atoms with van der Waals surface area (Å²) in [4.78, 5) is 16.4. The van der Waals surface area contributed by atoms with Crippen molar-refractivity contribution in [3.8, 4) is 0 Å². The topological polar surface area (TPSA) is 34.9 Å². The Morgan fingerprint density at radius 2 is 2.13 bits per heavy atom. The van der Waals surface area contributed by atoms with E-state index in [1.54, 1.807) is 11.6 Å². The Bertz CT molecular complexity index is 570. The van der Waals surface area contributed by atoms with Crippen molar-refractivity contribution in [1.82, 2.24) is 9.55 Å². The van der Waals surface area contributed by atoms with Crippen LogP contribution in [0, 0.1) is 6.92 Å². The first kappa shape index (κ1) is 9.90. The van der Waals surface area contributed by atoms with E-state index in [0.717, 1.165) is 23.3 Å². The predicted molar refractivity (Wildman–Crippen MR) is 61.1 cm³/mol. The quantitative estimate of drug-likeness (QED) is 0.706. The van der Waals surface area contributed by atoms with Crippen molar-refractivity contribution in [3.05, 3.63) is 39.9 Å². The highest BCUT2D eigenvalue weighted by Gasteiger charge is 2.06. The molecule has 0 bridgehead atoms. The van der Waals surface area contributed by atoms with Crippen LogP contribution >= 0.6 is 0 Å². The Labute approximate surface area is 88.4 Å². The summed E-state index contributed by atoms with van der Waals surface area (Å²) < 4.78 is 1.62. The van der Waals surface area contributed by atoms with Crippen molar-refractivity contribution in [2.45, 2.75) is 20.3 Å². The molecule has 0 aliphatic rings. The zero-order valence-electron chi connectivity index (χ0n) is 9.24. The third-order valence-electron chi connectivity index (χ3n) is 2.64. The summed E-state index contributed by atoms with van der Waals surface area (Å²) in [5, 5.41) is 0.695. The molecule has 0 saturated carbocycles. The Morgan fingerprint density at radius 3 is 2.80 bits per heavy atom. The summed E-state index contributed by atoms with van der Waals surface area (Å²) in [5.74, 6) is 0.832. The summed E-state index contributed by atoms with van der Waals surface area (Å²) in [6.45, 7) is 4.01. The average molecular weight is 202 g/mol. The van der Waals surface area contributed by atoms with Gasteiger partial charge in [0.2, 0.25) is 0 Å². The van der Waals surface area contributed by atoms with Crippen LogP contribution in [0.2, 0.25) is 0 Å². The van der Waals surface area contributed by atoms with Crippen LogP contribution in [-0.2, 0) is 13.5 Å². The maximum Gasteiger partial charge on any atom is 0.261 e. The van der Waals surface area contributed by atoms with Gasteiger partial charge in [0.15, 0.2) is 0 Å². The van der Waals surface area contributed by atoms with Crippen molar-refractivity contribution < 1.29 is 0 Å². The highest BCUT2D eigenvalue weighted by molar-refractivity contribution is 5.78. The number of fused-ring (bicyclic) bond motifs is 1. The lowest BCUT2D eigenvalue weighted by Crippen LogP contribution is -2.21. The van der Waals surface area contributed by atoms with Gasteiger partial charge in [0.05, 0.1) is 10.9 Å². The van der Waals surface area contributed by atoms with Crippen LogP contribution in [0.1, 0.15) is 18.3 Å². The molecule has 1 heterocycles. The normalized spacial score (nSPS) is 10.9. The number of hydrogen-bond donors (Lipinski definition) is 0. The van der Waals surface area contributed by atoms with Gasteiger partial charge in [-0.2, -0.15) is 0 Å². The Kier molecular flexibility index (Phi) is 2.31. The van der Waals surface area contributed by atoms with Crippen LogP contribution < -0.4 is 5.56 Å². The summed E-state index contributed by atoms with van der Waals surface area (Å²) in [6, 6.07) is 5.74. The van der Waals surface area contributed by atoms with E-state index >= 15 is 0 Å². The molecular formula is C12H14N2O. The molecule has 2 aromatic rings. The molecule has 0 spiro atoms. The minimum atomic E-state index is 0.0388. The van der Waals surface area contributed by atoms with E-state index in [1.807, 2.05) is 32.0 Å². The zero-order valence-corrected chi connectivity index (χ0v) is 9.24. The molecule has 0 radical (unpaired) electrons. The number of aryl methyl sites for hydroxylation is 2. The van der Waals surface area contributed by atoms with E-state index < -0.39 is 0 Å². The minimum Gasteiger partial charge on any atom is -0.299 e. The van der Waals surface area contributed by atoms with E-state index in [1.165, 1.54) is 0 Å². The molecule has 0 fully saturated rings.